The first-order valence-corrected chi connectivity index (χ1v) is 12.3. The van der Waals surface area contributed by atoms with Gasteiger partial charge in [-0.1, -0.05) is 44.2 Å². The number of thiocarbonyl (C=S) groups is 1. The monoisotopic (exact) mass is 518 g/mol. The number of nitrogens with one attached hydrogen (secondary N) is 4. The van der Waals surface area contributed by atoms with Gasteiger partial charge in [0.15, 0.2) is 5.11 Å². The van der Waals surface area contributed by atoms with Gasteiger partial charge in [-0.15, -0.1) is 0 Å². The molecule has 0 saturated heterocycles. The highest BCUT2D eigenvalue weighted by atomic mass is 32.1. The third-order valence-corrected chi connectivity index (χ3v) is 5.60. The maximum Gasteiger partial charge on any atom is 0.269 e. The van der Waals surface area contributed by atoms with Crippen LogP contribution in [0.3, 0.4) is 0 Å². The average Bonchev–Trinajstić information content (AvgIpc) is 2.88. The normalized spacial score (nSPS) is 10.4. The quantitative estimate of drug-likeness (QED) is 0.256. The summed E-state index contributed by atoms with van der Waals surface area (Å²) in [4.78, 5) is 37.6. The first-order chi connectivity index (χ1) is 17.7. The molecule has 0 fully saturated rings. The summed E-state index contributed by atoms with van der Waals surface area (Å²) in [5.74, 6) is -0.214. The number of ether oxygens (including phenoxy) is 1. The van der Waals surface area contributed by atoms with E-state index < -0.39 is 11.8 Å². The van der Waals surface area contributed by atoms with E-state index in [1.165, 1.54) is 0 Å². The van der Waals surface area contributed by atoms with E-state index in [1.807, 2.05) is 19.1 Å². The number of aryl methyl sites for hydroxylation is 1. The van der Waals surface area contributed by atoms with Crippen molar-refractivity contribution in [3.8, 4) is 5.75 Å². The van der Waals surface area contributed by atoms with Gasteiger partial charge in [-0.05, 0) is 79.5 Å². The topological polar surface area (TPSA) is 109 Å². The first-order valence-electron chi connectivity index (χ1n) is 11.8. The van der Waals surface area contributed by atoms with E-state index in [2.05, 4.69) is 35.3 Å². The summed E-state index contributed by atoms with van der Waals surface area (Å²) in [5, 5.41) is 5.27. The molecule has 0 aromatic heterocycles. The van der Waals surface area contributed by atoms with Crippen molar-refractivity contribution in [2.45, 2.75) is 27.2 Å². The van der Waals surface area contributed by atoms with Gasteiger partial charge in [0.1, 0.15) is 5.75 Å². The van der Waals surface area contributed by atoms with E-state index in [-0.39, 0.29) is 11.0 Å². The number of rotatable bonds is 8. The molecule has 0 heterocycles. The lowest BCUT2D eigenvalue weighted by Gasteiger charge is -2.14. The van der Waals surface area contributed by atoms with Crippen molar-refractivity contribution in [2.24, 2.45) is 5.92 Å². The van der Waals surface area contributed by atoms with Crippen LogP contribution in [-0.2, 0) is 0 Å². The van der Waals surface area contributed by atoms with Gasteiger partial charge in [0, 0.05) is 16.8 Å². The molecule has 3 amide bonds. The molecule has 3 aromatic rings. The molecule has 0 unspecified atom stereocenters. The molecule has 4 N–H and O–H groups in total. The van der Waals surface area contributed by atoms with E-state index >= 15 is 0 Å². The minimum Gasteiger partial charge on any atom is -0.493 e. The zero-order chi connectivity index (χ0) is 26.8. The van der Waals surface area contributed by atoms with Gasteiger partial charge in [-0.2, -0.15) is 0 Å². The molecule has 0 saturated carbocycles. The summed E-state index contributed by atoms with van der Waals surface area (Å²) in [6.45, 7) is 6.55. The second-order valence-corrected chi connectivity index (χ2v) is 9.14. The van der Waals surface area contributed by atoms with Crippen molar-refractivity contribution in [1.82, 2.24) is 16.2 Å². The number of benzene rings is 3. The molecule has 37 heavy (non-hydrogen) atoms. The van der Waals surface area contributed by atoms with Gasteiger partial charge in [0.25, 0.3) is 17.7 Å². The molecule has 9 heteroatoms. The van der Waals surface area contributed by atoms with Crippen LogP contribution in [-0.4, -0.2) is 29.4 Å². The van der Waals surface area contributed by atoms with Crippen molar-refractivity contribution in [1.29, 1.82) is 0 Å². The molecule has 8 nitrogen and oxygen atoms in total. The molecule has 192 valence electrons. The van der Waals surface area contributed by atoms with Crippen LogP contribution < -0.4 is 26.2 Å². The van der Waals surface area contributed by atoms with Crippen molar-refractivity contribution >= 4 is 40.7 Å². The van der Waals surface area contributed by atoms with Crippen LogP contribution in [0.15, 0.2) is 72.8 Å². The lowest BCUT2D eigenvalue weighted by atomic mass is 10.1. The molecule has 0 aliphatic heterocycles. The minimum absolute atomic E-state index is 0.0718. The predicted molar refractivity (Wildman–Crippen MR) is 148 cm³/mol. The number of amides is 3. The number of para-hydroxylation sites is 1. The Morgan fingerprint density at radius 2 is 1.46 bits per heavy atom. The number of hydrogen-bond donors (Lipinski definition) is 4. The van der Waals surface area contributed by atoms with Crippen LogP contribution in [0.5, 0.6) is 5.75 Å². The average molecular weight is 519 g/mol. The predicted octanol–water partition coefficient (Wildman–Crippen LogP) is 4.62. The Morgan fingerprint density at radius 3 is 2.14 bits per heavy atom. The largest absolute Gasteiger partial charge is 0.493 e. The Balaban J connectivity index is 1.50. The lowest BCUT2D eigenvalue weighted by Crippen LogP contribution is -2.48. The summed E-state index contributed by atoms with van der Waals surface area (Å²) in [7, 11) is 0. The smallest absolute Gasteiger partial charge is 0.269 e. The van der Waals surface area contributed by atoms with Crippen LogP contribution >= 0.6 is 12.2 Å². The van der Waals surface area contributed by atoms with Gasteiger partial charge in [0.2, 0.25) is 0 Å². The maximum atomic E-state index is 12.7. The highest BCUT2D eigenvalue weighted by Gasteiger charge is 2.15. The molecule has 0 radical (unpaired) electrons. The Hall–Kier alpha value is -4.24. The fourth-order valence-electron chi connectivity index (χ4n) is 3.30. The van der Waals surface area contributed by atoms with E-state index in [0.717, 1.165) is 12.0 Å². The van der Waals surface area contributed by atoms with E-state index in [4.69, 9.17) is 17.0 Å². The molecule has 3 rings (SSSR count). The van der Waals surface area contributed by atoms with Gasteiger partial charge in [-0.3, -0.25) is 30.6 Å². The maximum absolute atomic E-state index is 12.7. The van der Waals surface area contributed by atoms with Crippen LogP contribution in [0.1, 0.15) is 56.9 Å². The summed E-state index contributed by atoms with van der Waals surface area (Å²) in [6.07, 6.45) is 0.863. The highest BCUT2D eigenvalue weighted by Crippen LogP contribution is 2.19. The zero-order valence-corrected chi connectivity index (χ0v) is 21.8. The summed E-state index contributed by atoms with van der Waals surface area (Å²) < 4.78 is 5.75. The molecule has 0 spiro atoms. The second-order valence-electron chi connectivity index (χ2n) is 8.74. The molecular weight excluding hydrogens is 488 g/mol. The Kier molecular flexibility index (Phi) is 9.74. The first kappa shape index (κ1) is 27.3. The van der Waals surface area contributed by atoms with Crippen molar-refractivity contribution < 1.29 is 19.1 Å². The van der Waals surface area contributed by atoms with Crippen molar-refractivity contribution in [3.05, 3.63) is 95.1 Å². The van der Waals surface area contributed by atoms with E-state index in [9.17, 15) is 14.4 Å². The van der Waals surface area contributed by atoms with Gasteiger partial charge >= 0.3 is 0 Å². The fraction of sp³-hybridized carbons (Fsp3) is 0.214. The highest BCUT2D eigenvalue weighted by molar-refractivity contribution is 7.80. The van der Waals surface area contributed by atoms with Crippen molar-refractivity contribution in [2.75, 3.05) is 11.9 Å². The SMILES string of the molecule is Cc1ccccc1C(=O)Nc1ccc(C(=O)NNC(=S)NC(=O)c2ccccc2OCCC(C)C)cc1. The fourth-order valence-corrected chi connectivity index (χ4v) is 3.45. The molecule has 0 bridgehead atoms. The van der Waals surface area contributed by atoms with Crippen LogP contribution in [0.4, 0.5) is 5.69 Å². The third kappa shape index (κ3) is 8.15. The van der Waals surface area contributed by atoms with Gasteiger partial charge in [0.05, 0.1) is 12.2 Å². The second kappa shape index (κ2) is 13.2. The Morgan fingerprint density at radius 1 is 0.811 bits per heavy atom. The van der Waals surface area contributed by atoms with Crippen LogP contribution in [0.25, 0.3) is 0 Å². The number of carbonyl (C=O) groups is 3. The molecule has 0 aliphatic carbocycles. The minimum atomic E-state index is -0.467. The molecule has 0 atom stereocenters. The molecular formula is C28H30N4O4S. The Bertz CT molecular complexity index is 1280. The van der Waals surface area contributed by atoms with Gasteiger partial charge < -0.3 is 10.1 Å². The zero-order valence-electron chi connectivity index (χ0n) is 21.0. The molecule has 3 aromatic carbocycles. The number of carbonyl (C=O) groups excluding carboxylic acids is 3. The van der Waals surface area contributed by atoms with Gasteiger partial charge in [-0.25, -0.2) is 0 Å². The van der Waals surface area contributed by atoms with Crippen molar-refractivity contribution in [3.63, 3.8) is 0 Å². The summed E-state index contributed by atoms with van der Waals surface area (Å²) in [6, 6.07) is 20.6. The summed E-state index contributed by atoms with van der Waals surface area (Å²) in [5.41, 5.74) is 7.64. The Labute approximate surface area is 221 Å². The number of hydrogen-bond acceptors (Lipinski definition) is 5. The van der Waals surface area contributed by atoms with E-state index in [1.54, 1.807) is 60.7 Å². The number of anilines is 1. The third-order valence-electron chi connectivity index (χ3n) is 5.40. The standard InChI is InChI=1S/C28H30N4O4S/c1-18(2)16-17-36-24-11-7-6-10-23(24)27(35)30-28(37)32-31-25(33)20-12-14-21(15-13-20)29-26(34)22-9-5-4-8-19(22)3/h4-15,18H,16-17H2,1-3H3,(H,29,34)(H,31,33)(H2,30,32,35,37). The van der Waals surface area contributed by atoms with Crippen LogP contribution in [0.2, 0.25) is 0 Å². The lowest BCUT2D eigenvalue weighted by molar-refractivity contribution is 0.0933. The summed E-state index contributed by atoms with van der Waals surface area (Å²) >= 11 is 5.14. The van der Waals surface area contributed by atoms with Crippen LogP contribution in [0, 0.1) is 12.8 Å². The number of hydrazine groups is 1. The van der Waals surface area contributed by atoms with E-state index in [0.29, 0.717) is 40.7 Å². The molecule has 0 aliphatic rings.